The van der Waals surface area contributed by atoms with E-state index in [9.17, 15) is 29.8 Å². The predicted molar refractivity (Wildman–Crippen MR) is 157 cm³/mol. The second-order valence-electron chi connectivity index (χ2n) is 10.6. The zero-order chi connectivity index (χ0) is 31.6. The summed E-state index contributed by atoms with van der Waals surface area (Å²) in [5.41, 5.74) is 7.84. The second kappa shape index (κ2) is 15.0. The summed E-state index contributed by atoms with van der Waals surface area (Å²) < 4.78 is 11.4. The Kier molecular flexibility index (Phi) is 10.9. The van der Waals surface area contributed by atoms with Crippen molar-refractivity contribution in [3.05, 3.63) is 109 Å². The molecule has 14 heteroatoms. The van der Waals surface area contributed by atoms with E-state index in [0.29, 0.717) is 25.2 Å². The summed E-state index contributed by atoms with van der Waals surface area (Å²) in [6.45, 7) is 3.42. The number of hydrogen-bond donors (Lipinski definition) is 2. The van der Waals surface area contributed by atoms with Crippen LogP contribution in [0.15, 0.2) is 77.3 Å². The van der Waals surface area contributed by atoms with E-state index >= 15 is 0 Å². The molecule has 0 bridgehead atoms. The molecular formula is C30H35N5O9. The number of nitro groups is 1. The fourth-order valence-corrected chi connectivity index (χ4v) is 5.40. The third-order valence-electron chi connectivity index (χ3n) is 7.40. The molecule has 2 aliphatic rings. The predicted octanol–water partition coefficient (Wildman–Crippen LogP) is 3.47. The number of nitrogens with two attached hydrogens (primary N) is 1. The molecule has 234 valence electrons. The van der Waals surface area contributed by atoms with Gasteiger partial charge in [-0.25, -0.2) is 9.59 Å². The number of piperidine rings is 1. The molecule has 1 fully saturated rings. The molecule has 2 aliphatic heterocycles. The number of non-ortho nitro benzene ring substituents is 1. The van der Waals surface area contributed by atoms with Crippen LogP contribution in [0.2, 0.25) is 0 Å². The standard InChI is InChI=1S/C30H35N5O9/c1-20-25(29(36)42-15-5-6-16-43-35(40)41)26(22-11-7-12-23(17-22)34(38)39)27(28(31)32-20)30(37)44-24-13-8-14-33(19-24)18-21-9-3-2-4-10-21/h2-4,7,9-12,17,24,26,32H,5-6,8,13-16,18-19,31H2,1H3. The Bertz CT molecular complexity index is 1440. The van der Waals surface area contributed by atoms with E-state index in [1.165, 1.54) is 18.2 Å². The Morgan fingerprint density at radius 1 is 1.02 bits per heavy atom. The summed E-state index contributed by atoms with van der Waals surface area (Å²) in [4.78, 5) is 55.1. The number of likely N-dealkylation sites (tertiary alicyclic amines) is 1. The number of hydrogen-bond acceptors (Lipinski definition) is 12. The SMILES string of the molecule is CC1=C(C(=O)OCCCCO[N+](=O)[O-])C(c2cccc([N+](=O)[O-])c2)C(C(=O)OC2CCCN(Cc3ccccc3)C2)=C(N)N1. The highest BCUT2D eigenvalue weighted by Gasteiger charge is 2.40. The monoisotopic (exact) mass is 609 g/mol. The van der Waals surface area contributed by atoms with E-state index in [1.807, 2.05) is 30.3 Å². The van der Waals surface area contributed by atoms with Gasteiger partial charge in [-0.2, -0.15) is 0 Å². The molecule has 14 nitrogen and oxygen atoms in total. The van der Waals surface area contributed by atoms with Crippen molar-refractivity contribution in [1.82, 2.24) is 10.2 Å². The minimum Gasteiger partial charge on any atom is -0.462 e. The van der Waals surface area contributed by atoms with Crippen molar-refractivity contribution >= 4 is 17.6 Å². The lowest BCUT2D eigenvalue weighted by Gasteiger charge is -2.34. The van der Waals surface area contributed by atoms with Gasteiger partial charge in [-0.05, 0) is 50.3 Å². The fraction of sp³-hybridized carbons (Fsp3) is 0.400. The topological polar surface area (TPSA) is 189 Å². The number of allylic oxidation sites excluding steroid dienone is 1. The van der Waals surface area contributed by atoms with Gasteiger partial charge in [0, 0.05) is 30.9 Å². The van der Waals surface area contributed by atoms with Gasteiger partial charge in [-0.1, -0.05) is 42.5 Å². The van der Waals surface area contributed by atoms with E-state index in [4.69, 9.17) is 15.2 Å². The molecule has 0 amide bonds. The minimum atomic E-state index is -1.11. The van der Waals surface area contributed by atoms with Gasteiger partial charge < -0.3 is 25.4 Å². The minimum absolute atomic E-state index is 0.0329. The van der Waals surface area contributed by atoms with E-state index in [1.54, 1.807) is 13.0 Å². The highest BCUT2D eigenvalue weighted by atomic mass is 16.9. The fourth-order valence-electron chi connectivity index (χ4n) is 5.40. The molecule has 0 saturated carbocycles. The zero-order valence-electron chi connectivity index (χ0n) is 24.3. The van der Waals surface area contributed by atoms with Gasteiger partial charge in [-0.3, -0.25) is 15.0 Å². The zero-order valence-corrected chi connectivity index (χ0v) is 24.3. The quantitative estimate of drug-likeness (QED) is 0.146. The van der Waals surface area contributed by atoms with Crippen LogP contribution in [-0.4, -0.2) is 59.3 Å². The summed E-state index contributed by atoms with van der Waals surface area (Å²) in [5, 5.41) is 23.9. The molecule has 2 aromatic rings. The average molecular weight is 610 g/mol. The number of carbonyl (C=O) groups excluding carboxylic acids is 2. The molecule has 4 rings (SSSR count). The lowest BCUT2D eigenvalue weighted by molar-refractivity contribution is -0.757. The Labute approximate surface area is 253 Å². The molecule has 2 aromatic carbocycles. The first kappa shape index (κ1) is 31.9. The number of carbonyl (C=O) groups is 2. The summed E-state index contributed by atoms with van der Waals surface area (Å²) in [6, 6.07) is 15.6. The first-order chi connectivity index (χ1) is 21.1. The van der Waals surface area contributed by atoms with Gasteiger partial charge in [0.25, 0.3) is 10.8 Å². The van der Waals surface area contributed by atoms with Crippen molar-refractivity contribution in [2.24, 2.45) is 5.73 Å². The van der Waals surface area contributed by atoms with Crippen LogP contribution in [0.5, 0.6) is 0 Å². The van der Waals surface area contributed by atoms with Crippen molar-refractivity contribution in [3.63, 3.8) is 0 Å². The third kappa shape index (κ3) is 8.31. The van der Waals surface area contributed by atoms with Crippen LogP contribution < -0.4 is 11.1 Å². The van der Waals surface area contributed by atoms with Crippen LogP contribution in [0.4, 0.5) is 5.69 Å². The van der Waals surface area contributed by atoms with Crippen LogP contribution in [0, 0.1) is 20.2 Å². The van der Waals surface area contributed by atoms with Crippen molar-refractivity contribution in [3.8, 4) is 0 Å². The summed E-state index contributed by atoms with van der Waals surface area (Å²) in [5.74, 6) is -2.66. The molecule has 2 unspecified atom stereocenters. The molecule has 2 atom stereocenters. The smallest absolute Gasteiger partial charge is 0.338 e. The van der Waals surface area contributed by atoms with Crippen molar-refractivity contribution in [2.45, 2.75) is 51.2 Å². The number of rotatable bonds is 13. The lowest BCUT2D eigenvalue weighted by atomic mass is 9.81. The molecule has 44 heavy (non-hydrogen) atoms. The average Bonchev–Trinajstić information content (AvgIpc) is 2.99. The van der Waals surface area contributed by atoms with Gasteiger partial charge in [0.2, 0.25) is 0 Å². The van der Waals surface area contributed by atoms with Crippen LogP contribution in [-0.2, 0) is 30.4 Å². The Morgan fingerprint density at radius 2 is 1.77 bits per heavy atom. The van der Waals surface area contributed by atoms with E-state index in [2.05, 4.69) is 15.1 Å². The van der Waals surface area contributed by atoms with Crippen LogP contribution in [0.1, 0.15) is 49.7 Å². The van der Waals surface area contributed by atoms with Crippen LogP contribution >= 0.6 is 0 Å². The number of ether oxygens (including phenoxy) is 2. The van der Waals surface area contributed by atoms with Crippen LogP contribution in [0.25, 0.3) is 0 Å². The van der Waals surface area contributed by atoms with Gasteiger partial charge in [-0.15, -0.1) is 10.1 Å². The maximum atomic E-state index is 13.8. The largest absolute Gasteiger partial charge is 0.462 e. The number of unbranched alkanes of at least 4 members (excludes halogenated alkanes) is 1. The lowest BCUT2D eigenvalue weighted by Crippen LogP contribution is -2.42. The molecule has 0 radical (unpaired) electrons. The number of nitrogens with zero attached hydrogens (tertiary/aromatic N) is 3. The molecule has 1 saturated heterocycles. The summed E-state index contributed by atoms with van der Waals surface area (Å²) >= 11 is 0. The van der Waals surface area contributed by atoms with Gasteiger partial charge >= 0.3 is 11.9 Å². The molecule has 3 N–H and O–H groups in total. The van der Waals surface area contributed by atoms with Crippen molar-refractivity contribution in [2.75, 3.05) is 26.3 Å². The summed E-state index contributed by atoms with van der Waals surface area (Å²) in [7, 11) is 0. The molecule has 0 aliphatic carbocycles. The Morgan fingerprint density at radius 3 is 2.50 bits per heavy atom. The first-order valence-electron chi connectivity index (χ1n) is 14.3. The van der Waals surface area contributed by atoms with Gasteiger partial charge in [0.05, 0.1) is 35.2 Å². The number of nitro benzene ring substituents is 1. The van der Waals surface area contributed by atoms with E-state index in [-0.39, 0.29) is 54.3 Å². The van der Waals surface area contributed by atoms with Crippen LogP contribution in [0.3, 0.4) is 0 Å². The number of dihydropyridines is 1. The normalized spacial score (nSPS) is 18.8. The second-order valence-corrected chi connectivity index (χ2v) is 10.6. The summed E-state index contributed by atoms with van der Waals surface area (Å²) in [6.07, 6.45) is 1.58. The maximum absolute atomic E-state index is 13.8. The molecule has 2 heterocycles. The first-order valence-corrected chi connectivity index (χ1v) is 14.3. The van der Waals surface area contributed by atoms with Gasteiger partial charge in [0.15, 0.2) is 0 Å². The van der Waals surface area contributed by atoms with Gasteiger partial charge in [0.1, 0.15) is 11.9 Å². The number of esters is 2. The van der Waals surface area contributed by atoms with Crippen molar-refractivity contribution in [1.29, 1.82) is 0 Å². The molecule has 0 spiro atoms. The number of benzene rings is 2. The molecular weight excluding hydrogens is 574 g/mol. The van der Waals surface area contributed by atoms with E-state index < -0.39 is 34.0 Å². The molecule has 0 aromatic heterocycles. The highest BCUT2D eigenvalue weighted by Crippen LogP contribution is 2.39. The third-order valence-corrected chi connectivity index (χ3v) is 7.40. The van der Waals surface area contributed by atoms with Crippen molar-refractivity contribution < 1.29 is 33.9 Å². The number of nitrogens with one attached hydrogen (secondary N) is 1. The highest BCUT2D eigenvalue weighted by molar-refractivity contribution is 6.00. The Hall–Kier alpha value is -4.98. The van der Waals surface area contributed by atoms with E-state index in [0.717, 1.165) is 18.5 Å². The Balaban J connectivity index is 1.55. The maximum Gasteiger partial charge on any atom is 0.338 e.